The quantitative estimate of drug-likeness (QED) is 0.875. The Morgan fingerprint density at radius 3 is 2.10 bits per heavy atom. The second-order valence-electron chi connectivity index (χ2n) is 5.41. The first-order valence-corrected chi connectivity index (χ1v) is 7.12. The summed E-state index contributed by atoms with van der Waals surface area (Å²) in [6.45, 7) is 4.74. The number of nitrogens with zero attached hydrogens (tertiary/aromatic N) is 1. The molecule has 1 unspecified atom stereocenters. The van der Waals surface area contributed by atoms with Crippen molar-refractivity contribution in [1.82, 2.24) is 0 Å². The molecular formula is C18H20N2O. The second kappa shape index (κ2) is 6.92. The zero-order chi connectivity index (χ0) is 15.2. The number of nitriles is 1. The Bertz CT molecular complexity index is 609. The van der Waals surface area contributed by atoms with Gasteiger partial charge >= 0.3 is 0 Å². The Labute approximate surface area is 125 Å². The third-order valence-corrected chi connectivity index (χ3v) is 3.50. The SMILES string of the molecule is CC(C)c1ccc(C(O)CNc2ccc(C#N)cc2)cc1. The summed E-state index contributed by atoms with van der Waals surface area (Å²) < 4.78 is 0. The van der Waals surface area contributed by atoms with Crippen LogP contribution in [0, 0.1) is 11.3 Å². The summed E-state index contributed by atoms with van der Waals surface area (Å²) in [5.41, 5.74) is 3.70. The van der Waals surface area contributed by atoms with Gasteiger partial charge in [-0.2, -0.15) is 5.26 Å². The minimum atomic E-state index is -0.554. The van der Waals surface area contributed by atoms with Crippen LogP contribution in [-0.4, -0.2) is 11.7 Å². The van der Waals surface area contributed by atoms with Crippen molar-refractivity contribution in [1.29, 1.82) is 5.26 Å². The summed E-state index contributed by atoms with van der Waals surface area (Å²) in [4.78, 5) is 0. The van der Waals surface area contributed by atoms with E-state index in [1.54, 1.807) is 12.1 Å². The van der Waals surface area contributed by atoms with E-state index in [1.807, 2.05) is 24.3 Å². The average molecular weight is 280 g/mol. The van der Waals surface area contributed by atoms with Gasteiger partial charge in [0.25, 0.3) is 0 Å². The first-order valence-electron chi connectivity index (χ1n) is 7.12. The first kappa shape index (κ1) is 15.1. The van der Waals surface area contributed by atoms with Gasteiger partial charge in [0.1, 0.15) is 0 Å². The molecule has 0 amide bonds. The molecule has 3 heteroatoms. The predicted octanol–water partition coefficient (Wildman–Crippen LogP) is 3.83. The molecule has 0 aromatic heterocycles. The van der Waals surface area contributed by atoms with E-state index in [0.717, 1.165) is 11.3 Å². The number of aliphatic hydroxyl groups excluding tert-OH is 1. The lowest BCUT2D eigenvalue weighted by Crippen LogP contribution is -2.12. The highest BCUT2D eigenvalue weighted by atomic mass is 16.3. The normalized spacial score (nSPS) is 12.0. The fourth-order valence-corrected chi connectivity index (χ4v) is 2.10. The van der Waals surface area contributed by atoms with Crippen LogP contribution in [0.3, 0.4) is 0 Å². The van der Waals surface area contributed by atoms with Gasteiger partial charge < -0.3 is 10.4 Å². The van der Waals surface area contributed by atoms with Crippen LogP contribution in [0.15, 0.2) is 48.5 Å². The van der Waals surface area contributed by atoms with E-state index in [-0.39, 0.29) is 0 Å². The summed E-state index contributed by atoms with van der Waals surface area (Å²) >= 11 is 0. The first-order chi connectivity index (χ1) is 10.1. The molecule has 0 saturated carbocycles. The van der Waals surface area contributed by atoms with Gasteiger partial charge in [-0.15, -0.1) is 0 Å². The molecule has 2 aromatic carbocycles. The number of nitrogens with one attached hydrogen (secondary N) is 1. The Hall–Kier alpha value is -2.31. The Morgan fingerprint density at radius 1 is 1.00 bits per heavy atom. The lowest BCUT2D eigenvalue weighted by Gasteiger charge is -2.14. The molecular weight excluding hydrogens is 260 g/mol. The van der Waals surface area contributed by atoms with Crippen molar-refractivity contribution >= 4 is 5.69 Å². The van der Waals surface area contributed by atoms with Crippen LogP contribution in [0.4, 0.5) is 5.69 Å². The van der Waals surface area contributed by atoms with E-state index in [9.17, 15) is 5.11 Å². The molecule has 0 bridgehead atoms. The lowest BCUT2D eigenvalue weighted by molar-refractivity contribution is 0.191. The van der Waals surface area contributed by atoms with Crippen molar-refractivity contribution in [3.63, 3.8) is 0 Å². The Kier molecular flexibility index (Phi) is 4.97. The zero-order valence-corrected chi connectivity index (χ0v) is 12.4. The molecule has 0 saturated heterocycles. The number of aliphatic hydroxyl groups is 1. The highest BCUT2D eigenvalue weighted by Gasteiger charge is 2.08. The molecule has 0 aliphatic heterocycles. The largest absolute Gasteiger partial charge is 0.387 e. The number of rotatable bonds is 5. The minimum Gasteiger partial charge on any atom is -0.387 e. The van der Waals surface area contributed by atoms with Crippen LogP contribution >= 0.6 is 0 Å². The fourth-order valence-electron chi connectivity index (χ4n) is 2.10. The zero-order valence-electron chi connectivity index (χ0n) is 12.4. The molecule has 0 aliphatic rings. The van der Waals surface area contributed by atoms with E-state index in [4.69, 9.17) is 5.26 Å². The number of hydrogen-bond donors (Lipinski definition) is 2. The van der Waals surface area contributed by atoms with E-state index in [0.29, 0.717) is 18.0 Å². The molecule has 0 fully saturated rings. The van der Waals surface area contributed by atoms with Gasteiger partial charge in [0, 0.05) is 12.2 Å². The summed E-state index contributed by atoms with van der Waals surface area (Å²) in [5.74, 6) is 0.493. The van der Waals surface area contributed by atoms with Crippen molar-refractivity contribution in [2.24, 2.45) is 0 Å². The van der Waals surface area contributed by atoms with Crippen molar-refractivity contribution in [2.45, 2.75) is 25.9 Å². The topological polar surface area (TPSA) is 56.0 Å². The molecule has 1 atom stereocenters. The summed E-state index contributed by atoms with van der Waals surface area (Å²) in [5, 5.41) is 22.1. The van der Waals surface area contributed by atoms with Crippen molar-refractivity contribution in [3.05, 3.63) is 65.2 Å². The maximum atomic E-state index is 10.2. The smallest absolute Gasteiger partial charge is 0.0991 e. The Morgan fingerprint density at radius 2 is 1.57 bits per heavy atom. The van der Waals surface area contributed by atoms with Crippen molar-refractivity contribution in [2.75, 3.05) is 11.9 Å². The van der Waals surface area contributed by atoms with Gasteiger partial charge in [-0.1, -0.05) is 38.1 Å². The maximum absolute atomic E-state index is 10.2. The Balaban J connectivity index is 1.94. The van der Waals surface area contributed by atoms with Crippen LogP contribution in [0.5, 0.6) is 0 Å². The molecule has 0 aliphatic carbocycles. The van der Waals surface area contributed by atoms with Gasteiger partial charge in [0.15, 0.2) is 0 Å². The van der Waals surface area contributed by atoms with Gasteiger partial charge in [0.2, 0.25) is 0 Å². The monoisotopic (exact) mass is 280 g/mol. The van der Waals surface area contributed by atoms with E-state index < -0.39 is 6.10 Å². The molecule has 0 radical (unpaired) electrons. The number of anilines is 1. The fraction of sp³-hybridized carbons (Fsp3) is 0.278. The molecule has 2 rings (SSSR count). The third-order valence-electron chi connectivity index (χ3n) is 3.50. The molecule has 0 spiro atoms. The molecule has 21 heavy (non-hydrogen) atoms. The highest BCUT2D eigenvalue weighted by molar-refractivity contribution is 5.47. The van der Waals surface area contributed by atoms with E-state index >= 15 is 0 Å². The standard InChI is InChI=1S/C18H20N2O/c1-13(2)15-5-7-16(8-6-15)18(21)12-20-17-9-3-14(11-19)4-10-17/h3-10,13,18,20-21H,12H2,1-2H3. The molecule has 3 nitrogen and oxygen atoms in total. The van der Waals surface area contributed by atoms with Gasteiger partial charge in [0.05, 0.1) is 17.7 Å². The van der Waals surface area contributed by atoms with E-state index in [1.165, 1.54) is 5.56 Å². The summed E-state index contributed by atoms with van der Waals surface area (Å²) in [7, 11) is 0. The molecule has 108 valence electrons. The van der Waals surface area contributed by atoms with Crippen LogP contribution in [0.1, 0.15) is 42.6 Å². The molecule has 2 aromatic rings. The number of hydrogen-bond acceptors (Lipinski definition) is 3. The van der Waals surface area contributed by atoms with Gasteiger partial charge in [-0.25, -0.2) is 0 Å². The molecule has 2 N–H and O–H groups in total. The number of benzene rings is 2. The maximum Gasteiger partial charge on any atom is 0.0991 e. The van der Waals surface area contributed by atoms with E-state index in [2.05, 4.69) is 37.4 Å². The van der Waals surface area contributed by atoms with Gasteiger partial charge in [-0.05, 0) is 41.3 Å². The molecule has 0 heterocycles. The third kappa shape index (κ3) is 4.08. The highest BCUT2D eigenvalue weighted by Crippen LogP contribution is 2.19. The van der Waals surface area contributed by atoms with Crippen LogP contribution in [-0.2, 0) is 0 Å². The van der Waals surface area contributed by atoms with Crippen LogP contribution in [0.2, 0.25) is 0 Å². The van der Waals surface area contributed by atoms with Crippen molar-refractivity contribution < 1.29 is 5.11 Å². The van der Waals surface area contributed by atoms with Crippen LogP contribution in [0.25, 0.3) is 0 Å². The second-order valence-corrected chi connectivity index (χ2v) is 5.41. The predicted molar refractivity (Wildman–Crippen MR) is 85.1 cm³/mol. The van der Waals surface area contributed by atoms with Crippen molar-refractivity contribution in [3.8, 4) is 6.07 Å². The van der Waals surface area contributed by atoms with Crippen LogP contribution < -0.4 is 5.32 Å². The average Bonchev–Trinajstić information content (AvgIpc) is 2.53. The lowest BCUT2D eigenvalue weighted by atomic mass is 10.00. The minimum absolute atomic E-state index is 0.437. The van der Waals surface area contributed by atoms with Gasteiger partial charge in [-0.3, -0.25) is 0 Å². The summed E-state index contributed by atoms with van der Waals surface area (Å²) in [6, 6.07) is 17.3. The summed E-state index contributed by atoms with van der Waals surface area (Å²) in [6.07, 6.45) is -0.554.